The summed E-state index contributed by atoms with van der Waals surface area (Å²) in [6.07, 6.45) is 1.53. The molecule has 0 aliphatic heterocycles. The molecule has 1 N–H and O–H groups in total. The van der Waals surface area contributed by atoms with Crippen molar-refractivity contribution in [1.29, 1.82) is 0 Å². The van der Waals surface area contributed by atoms with E-state index in [-0.39, 0.29) is 17.2 Å². The highest BCUT2D eigenvalue weighted by atomic mass is 19.3. The van der Waals surface area contributed by atoms with E-state index in [1.54, 1.807) is 43.3 Å². The number of nitrogens with one attached hydrogen (secondary N) is 1. The zero-order valence-electron chi connectivity index (χ0n) is 15.0. The summed E-state index contributed by atoms with van der Waals surface area (Å²) in [7, 11) is 0. The second kappa shape index (κ2) is 8.94. The van der Waals surface area contributed by atoms with E-state index >= 15 is 0 Å². The second-order valence-corrected chi connectivity index (χ2v) is 5.92. The molecule has 1 amide bonds. The van der Waals surface area contributed by atoms with Gasteiger partial charge in [-0.1, -0.05) is 30.3 Å². The minimum absolute atomic E-state index is 0.0306. The number of amides is 1. The summed E-state index contributed by atoms with van der Waals surface area (Å²) in [5.41, 5.74) is 0.888. The molecule has 0 saturated carbocycles. The van der Waals surface area contributed by atoms with Crippen LogP contribution >= 0.6 is 0 Å². The van der Waals surface area contributed by atoms with E-state index in [1.165, 1.54) is 18.3 Å². The maximum atomic E-state index is 12.7. The van der Waals surface area contributed by atoms with Gasteiger partial charge in [0, 0.05) is 6.20 Å². The summed E-state index contributed by atoms with van der Waals surface area (Å²) < 4.78 is 34.9. The molecule has 5 nitrogen and oxygen atoms in total. The van der Waals surface area contributed by atoms with Crippen molar-refractivity contribution in [2.75, 3.05) is 0 Å². The van der Waals surface area contributed by atoms with Crippen molar-refractivity contribution in [3.63, 3.8) is 0 Å². The monoisotopic (exact) mass is 384 g/mol. The number of ether oxygens (including phenoxy) is 2. The first-order chi connectivity index (χ1) is 13.5. The summed E-state index contributed by atoms with van der Waals surface area (Å²) in [5, 5.41) is 2.82. The molecule has 0 aliphatic rings. The van der Waals surface area contributed by atoms with Crippen molar-refractivity contribution in [3.8, 4) is 17.4 Å². The normalized spacial score (nSPS) is 11.7. The lowest BCUT2D eigenvalue weighted by molar-refractivity contribution is -0.0499. The van der Waals surface area contributed by atoms with Crippen LogP contribution in [0.25, 0.3) is 0 Å². The number of aromatic nitrogens is 1. The lowest BCUT2D eigenvalue weighted by Crippen LogP contribution is -2.27. The molecule has 28 heavy (non-hydrogen) atoms. The zero-order valence-corrected chi connectivity index (χ0v) is 15.0. The van der Waals surface area contributed by atoms with Crippen LogP contribution in [0.3, 0.4) is 0 Å². The van der Waals surface area contributed by atoms with Gasteiger partial charge in [-0.3, -0.25) is 4.79 Å². The van der Waals surface area contributed by atoms with Gasteiger partial charge in [-0.2, -0.15) is 8.78 Å². The number of carbonyl (C=O) groups is 1. The van der Waals surface area contributed by atoms with Crippen LogP contribution in [0.15, 0.2) is 72.9 Å². The molecule has 1 unspecified atom stereocenters. The number of hydrogen-bond acceptors (Lipinski definition) is 4. The van der Waals surface area contributed by atoms with Crippen molar-refractivity contribution in [2.24, 2.45) is 0 Å². The van der Waals surface area contributed by atoms with Gasteiger partial charge in [0.15, 0.2) is 0 Å². The maximum absolute atomic E-state index is 12.7. The van der Waals surface area contributed by atoms with Crippen molar-refractivity contribution in [2.45, 2.75) is 19.6 Å². The smallest absolute Gasteiger partial charge is 0.387 e. The van der Waals surface area contributed by atoms with E-state index in [9.17, 15) is 13.6 Å². The molecule has 0 spiro atoms. The molecule has 0 fully saturated rings. The Morgan fingerprint density at radius 2 is 1.75 bits per heavy atom. The summed E-state index contributed by atoms with van der Waals surface area (Å²) in [6.45, 7) is -1.17. The van der Waals surface area contributed by atoms with Gasteiger partial charge < -0.3 is 14.8 Å². The predicted molar refractivity (Wildman–Crippen MR) is 99.7 cm³/mol. The number of alkyl halides is 2. The molecule has 0 aliphatic carbocycles. The number of benzene rings is 2. The third kappa shape index (κ3) is 5.03. The fraction of sp³-hybridized carbons (Fsp3) is 0.143. The number of para-hydroxylation sites is 1. The molecule has 7 heteroatoms. The van der Waals surface area contributed by atoms with Gasteiger partial charge in [-0.05, 0) is 48.9 Å². The summed E-state index contributed by atoms with van der Waals surface area (Å²) >= 11 is 0. The van der Waals surface area contributed by atoms with Gasteiger partial charge >= 0.3 is 6.61 Å². The van der Waals surface area contributed by atoms with E-state index < -0.39 is 18.6 Å². The van der Waals surface area contributed by atoms with Gasteiger partial charge in [0.2, 0.25) is 5.88 Å². The highest BCUT2D eigenvalue weighted by Gasteiger charge is 2.18. The van der Waals surface area contributed by atoms with Crippen LogP contribution < -0.4 is 14.8 Å². The van der Waals surface area contributed by atoms with Gasteiger partial charge in [0.1, 0.15) is 17.1 Å². The van der Waals surface area contributed by atoms with Gasteiger partial charge in [-0.15, -0.1) is 0 Å². The molecule has 3 rings (SSSR count). The Balaban J connectivity index is 1.74. The highest BCUT2D eigenvalue weighted by Crippen LogP contribution is 2.24. The summed E-state index contributed by atoms with van der Waals surface area (Å²) in [6, 6.07) is 18.0. The van der Waals surface area contributed by atoms with Crippen LogP contribution in [-0.2, 0) is 0 Å². The highest BCUT2D eigenvalue weighted by molar-refractivity contribution is 5.96. The average molecular weight is 384 g/mol. The average Bonchev–Trinajstić information content (AvgIpc) is 2.69. The van der Waals surface area contributed by atoms with Crippen LogP contribution in [-0.4, -0.2) is 17.5 Å². The molecule has 1 aromatic heterocycles. The van der Waals surface area contributed by atoms with Crippen molar-refractivity contribution in [3.05, 3.63) is 84.1 Å². The number of halogens is 2. The van der Waals surface area contributed by atoms with Gasteiger partial charge in [-0.25, -0.2) is 4.98 Å². The fourth-order valence-electron chi connectivity index (χ4n) is 2.56. The van der Waals surface area contributed by atoms with Crippen LogP contribution in [0.4, 0.5) is 8.78 Å². The molecular weight excluding hydrogens is 366 g/mol. The fourth-order valence-corrected chi connectivity index (χ4v) is 2.56. The summed E-state index contributed by atoms with van der Waals surface area (Å²) in [4.78, 5) is 16.9. The quantitative estimate of drug-likeness (QED) is 0.625. The van der Waals surface area contributed by atoms with E-state index in [0.29, 0.717) is 11.3 Å². The molecular formula is C21H18F2N2O3. The minimum atomic E-state index is -2.91. The Hall–Kier alpha value is -3.48. The standard InChI is InChI=1S/C21H18F2N2O3/c1-14(15-7-5-10-17(13-15)28-21(22)23)25-19(26)18-11-6-12-24-20(18)27-16-8-3-2-4-9-16/h2-14,21H,1H3,(H,25,26). The molecule has 0 radical (unpaired) electrons. The SMILES string of the molecule is CC(NC(=O)c1cccnc1Oc1ccccc1)c1cccc(OC(F)F)c1. The molecule has 1 atom stereocenters. The predicted octanol–water partition coefficient (Wildman–Crippen LogP) is 4.97. The molecule has 0 bridgehead atoms. The Kier molecular flexibility index (Phi) is 6.16. The first-order valence-electron chi connectivity index (χ1n) is 8.56. The van der Waals surface area contributed by atoms with Crippen molar-refractivity contribution >= 4 is 5.91 Å². The number of hydrogen-bond donors (Lipinski definition) is 1. The number of pyridine rings is 1. The van der Waals surface area contributed by atoms with Gasteiger partial charge in [0.05, 0.1) is 6.04 Å². The Bertz CT molecular complexity index is 936. The number of rotatable bonds is 7. The van der Waals surface area contributed by atoms with E-state index in [1.807, 2.05) is 18.2 Å². The van der Waals surface area contributed by atoms with E-state index in [0.717, 1.165) is 0 Å². The molecule has 1 heterocycles. The Labute approximate surface area is 160 Å². The van der Waals surface area contributed by atoms with Crippen LogP contribution in [0, 0.1) is 0 Å². The third-order valence-corrected chi connectivity index (χ3v) is 3.90. The van der Waals surface area contributed by atoms with Gasteiger partial charge in [0.25, 0.3) is 5.91 Å². The maximum Gasteiger partial charge on any atom is 0.387 e. The molecule has 0 saturated heterocycles. The van der Waals surface area contributed by atoms with Crippen LogP contribution in [0.1, 0.15) is 28.9 Å². The first kappa shape index (κ1) is 19.3. The number of nitrogens with zero attached hydrogens (tertiary/aromatic N) is 1. The van der Waals surface area contributed by atoms with E-state index in [4.69, 9.17) is 4.74 Å². The zero-order chi connectivity index (χ0) is 19.9. The summed E-state index contributed by atoms with van der Waals surface area (Å²) in [5.74, 6) is 0.364. The first-order valence-corrected chi connectivity index (χ1v) is 8.56. The van der Waals surface area contributed by atoms with Crippen molar-refractivity contribution in [1.82, 2.24) is 10.3 Å². The largest absolute Gasteiger partial charge is 0.438 e. The lowest BCUT2D eigenvalue weighted by atomic mass is 10.1. The molecule has 2 aromatic carbocycles. The van der Waals surface area contributed by atoms with Crippen molar-refractivity contribution < 1.29 is 23.0 Å². The second-order valence-electron chi connectivity index (χ2n) is 5.92. The number of carbonyl (C=O) groups excluding carboxylic acids is 1. The lowest BCUT2D eigenvalue weighted by Gasteiger charge is -2.16. The van der Waals surface area contributed by atoms with E-state index in [2.05, 4.69) is 15.0 Å². The third-order valence-electron chi connectivity index (χ3n) is 3.90. The minimum Gasteiger partial charge on any atom is -0.438 e. The van der Waals surface area contributed by atoms with Crippen LogP contribution in [0.2, 0.25) is 0 Å². The van der Waals surface area contributed by atoms with Crippen LogP contribution in [0.5, 0.6) is 17.4 Å². The topological polar surface area (TPSA) is 60.5 Å². The Morgan fingerprint density at radius 3 is 2.50 bits per heavy atom. The Morgan fingerprint density at radius 1 is 1.00 bits per heavy atom. The molecule has 144 valence electrons. The molecule has 3 aromatic rings.